The van der Waals surface area contributed by atoms with Crippen LogP contribution in [0.5, 0.6) is 0 Å². The van der Waals surface area contributed by atoms with Crippen LogP contribution in [0, 0.1) is 0 Å². The highest BCUT2D eigenvalue weighted by molar-refractivity contribution is 5.83. The van der Waals surface area contributed by atoms with Crippen molar-refractivity contribution in [2.45, 2.75) is 38.1 Å². The van der Waals surface area contributed by atoms with Gasteiger partial charge in [0.05, 0.1) is 0 Å². The number of aliphatic carboxylic acids is 1. The van der Waals surface area contributed by atoms with Crippen LogP contribution in [-0.2, 0) is 9.59 Å². The van der Waals surface area contributed by atoms with Crippen molar-refractivity contribution in [2.24, 2.45) is 10.2 Å². The van der Waals surface area contributed by atoms with Gasteiger partial charge in [0.25, 0.3) is 0 Å². The van der Waals surface area contributed by atoms with E-state index in [2.05, 4.69) is 25.4 Å². The Hall–Kier alpha value is -2.44. The quantitative estimate of drug-likeness (QED) is 0.257. The summed E-state index contributed by atoms with van der Waals surface area (Å²) >= 11 is 0. The average Bonchev–Trinajstić information content (AvgIpc) is 2.42. The number of carboxylic acid groups (broad SMARTS) is 1. The Balaban J connectivity index is 3.99. The molecule has 0 aliphatic carbocycles. The Labute approximate surface area is 115 Å². The molecule has 0 aromatic heterocycles. The zero-order valence-corrected chi connectivity index (χ0v) is 11.0. The summed E-state index contributed by atoms with van der Waals surface area (Å²) < 4.78 is 0. The lowest BCUT2D eigenvalue weighted by molar-refractivity contribution is -0.142. The van der Waals surface area contributed by atoms with Crippen molar-refractivity contribution in [3.63, 3.8) is 0 Å². The minimum atomic E-state index is -1.10. The topological polar surface area (TPSA) is 164 Å². The van der Waals surface area contributed by atoms with Gasteiger partial charge in [0.1, 0.15) is 6.04 Å². The lowest BCUT2D eigenvalue weighted by Gasteiger charge is -2.13. The van der Waals surface area contributed by atoms with Gasteiger partial charge in [0.15, 0.2) is 0 Å². The zero-order chi connectivity index (χ0) is 15.2. The van der Waals surface area contributed by atoms with Crippen LogP contribution in [0.2, 0.25) is 0 Å². The number of unbranched alkanes of at least 4 members (excludes halogenated alkanes) is 1. The Bertz CT molecular complexity index is 413. The van der Waals surface area contributed by atoms with Gasteiger partial charge >= 0.3 is 5.97 Å². The molecule has 1 atom stereocenters. The van der Waals surface area contributed by atoms with Crippen LogP contribution in [0.25, 0.3) is 20.9 Å². The Morgan fingerprint density at radius 2 is 1.70 bits per heavy atom. The van der Waals surface area contributed by atoms with E-state index in [-0.39, 0.29) is 25.3 Å². The second kappa shape index (κ2) is 11.6. The summed E-state index contributed by atoms with van der Waals surface area (Å²) in [5.74, 6) is -1.49. The molecule has 0 bridgehead atoms. The SMILES string of the molecule is [N-]=[N+]=NCCCC[C@@H](NC(=O)CCCN=[N+]=[N-])C(=O)O. The number of nitrogens with one attached hydrogen (secondary N) is 1. The molecule has 0 aliphatic rings. The third kappa shape index (κ3) is 9.58. The number of amides is 1. The second-order valence-electron chi connectivity index (χ2n) is 3.97. The minimum Gasteiger partial charge on any atom is -0.480 e. The van der Waals surface area contributed by atoms with Crippen molar-refractivity contribution >= 4 is 11.9 Å². The van der Waals surface area contributed by atoms with E-state index in [9.17, 15) is 9.59 Å². The number of rotatable bonds is 11. The van der Waals surface area contributed by atoms with E-state index in [0.29, 0.717) is 25.8 Å². The second-order valence-corrected chi connectivity index (χ2v) is 3.97. The summed E-state index contributed by atoms with van der Waals surface area (Å²) in [7, 11) is 0. The predicted octanol–water partition coefficient (Wildman–Crippen LogP) is 2.13. The highest BCUT2D eigenvalue weighted by atomic mass is 16.4. The molecule has 1 amide bonds. The summed E-state index contributed by atoms with van der Waals surface area (Å²) in [5, 5.41) is 18.0. The van der Waals surface area contributed by atoms with Gasteiger partial charge in [-0.2, -0.15) is 0 Å². The van der Waals surface area contributed by atoms with E-state index in [1.165, 1.54) is 0 Å². The number of carboxylic acids is 1. The maximum atomic E-state index is 11.5. The van der Waals surface area contributed by atoms with E-state index in [0.717, 1.165) is 0 Å². The van der Waals surface area contributed by atoms with Crippen LogP contribution in [0.1, 0.15) is 32.1 Å². The van der Waals surface area contributed by atoms with Crippen LogP contribution in [-0.4, -0.2) is 36.1 Å². The van der Waals surface area contributed by atoms with Gasteiger partial charge in [0, 0.05) is 29.3 Å². The van der Waals surface area contributed by atoms with Crippen molar-refractivity contribution in [3.05, 3.63) is 20.9 Å². The third-order valence-corrected chi connectivity index (χ3v) is 2.42. The molecular weight excluding hydrogens is 266 g/mol. The molecule has 0 saturated heterocycles. The molecule has 0 fully saturated rings. The molecule has 110 valence electrons. The van der Waals surface area contributed by atoms with E-state index in [1.54, 1.807) is 0 Å². The van der Waals surface area contributed by atoms with Crippen molar-refractivity contribution in [1.29, 1.82) is 0 Å². The van der Waals surface area contributed by atoms with Gasteiger partial charge in [-0.15, -0.1) is 0 Å². The molecule has 2 N–H and O–H groups in total. The fraction of sp³-hybridized carbons (Fsp3) is 0.800. The number of carbonyl (C=O) groups excluding carboxylic acids is 1. The maximum Gasteiger partial charge on any atom is 0.326 e. The first kappa shape index (κ1) is 17.6. The monoisotopic (exact) mass is 283 g/mol. The molecule has 10 heteroatoms. The Morgan fingerprint density at radius 1 is 1.10 bits per heavy atom. The number of hydrogen-bond acceptors (Lipinski definition) is 4. The zero-order valence-electron chi connectivity index (χ0n) is 11.0. The van der Waals surface area contributed by atoms with Gasteiger partial charge in [-0.05, 0) is 30.3 Å². The van der Waals surface area contributed by atoms with Crippen LogP contribution in [0.3, 0.4) is 0 Å². The summed E-state index contributed by atoms with van der Waals surface area (Å²) in [5.41, 5.74) is 16.1. The fourth-order valence-corrected chi connectivity index (χ4v) is 1.45. The summed E-state index contributed by atoms with van der Waals surface area (Å²) in [6, 6.07) is -0.951. The highest BCUT2D eigenvalue weighted by Gasteiger charge is 2.18. The molecule has 20 heavy (non-hydrogen) atoms. The van der Waals surface area contributed by atoms with Gasteiger partial charge in [-0.25, -0.2) is 4.79 Å². The summed E-state index contributed by atoms with van der Waals surface area (Å²) in [6.07, 6.45) is 1.87. The molecule has 0 aliphatic heterocycles. The largest absolute Gasteiger partial charge is 0.480 e. The average molecular weight is 283 g/mol. The van der Waals surface area contributed by atoms with E-state index in [1.807, 2.05) is 0 Å². The lowest BCUT2D eigenvalue weighted by atomic mass is 10.1. The molecule has 0 saturated carbocycles. The molecule has 0 heterocycles. The van der Waals surface area contributed by atoms with Crippen molar-refractivity contribution < 1.29 is 14.7 Å². The number of hydrogen-bond donors (Lipinski definition) is 2. The number of azide groups is 2. The first-order valence-corrected chi connectivity index (χ1v) is 6.15. The van der Waals surface area contributed by atoms with Crippen molar-refractivity contribution in [2.75, 3.05) is 13.1 Å². The first-order chi connectivity index (χ1) is 9.61. The lowest BCUT2D eigenvalue weighted by Crippen LogP contribution is -2.40. The number of carbonyl (C=O) groups is 2. The van der Waals surface area contributed by atoms with Gasteiger partial charge in [0.2, 0.25) is 5.91 Å². The number of nitrogens with zero attached hydrogens (tertiary/aromatic N) is 6. The molecule has 0 radical (unpaired) electrons. The molecule has 10 nitrogen and oxygen atoms in total. The van der Waals surface area contributed by atoms with Crippen LogP contribution in [0.4, 0.5) is 0 Å². The molecule has 0 aromatic carbocycles. The normalized spacial score (nSPS) is 10.8. The molecule has 0 spiro atoms. The van der Waals surface area contributed by atoms with E-state index < -0.39 is 12.0 Å². The minimum absolute atomic E-state index is 0.113. The fourth-order valence-electron chi connectivity index (χ4n) is 1.45. The van der Waals surface area contributed by atoms with Crippen molar-refractivity contribution in [1.82, 2.24) is 5.32 Å². The van der Waals surface area contributed by atoms with Crippen LogP contribution >= 0.6 is 0 Å². The summed E-state index contributed by atoms with van der Waals surface area (Å²) in [6.45, 7) is 0.511. The standard InChI is InChI=1S/C10H17N7O3/c11-16-13-6-2-1-4-8(10(19)20)15-9(18)5-3-7-14-17-12/h8H,1-7H2,(H,15,18)(H,19,20)/t8-/m1/s1. The Morgan fingerprint density at radius 3 is 2.25 bits per heavy atom. The van der Waals surface area contributed by atoms with Gasteiger partial charge < -0.3 is 10.4 Å². The molecular formula is C10H17N7O3. The van der Waals surface area contributed by atoms with Crippen LogP contribution in [0.15, 0.2) is 10.2 Å². The summed E-state index contributed by atoms with van der Waals surface area (Å²) in [4.78, 5) is 27.6. The maximum absolute atomic E-state index is 11.5. The molecule has 0 unspecified atom stereocenters. The molecule has 0 aromatic rings. The highest BCUT2D eigenvalue weighted by Crippen LogP contribution is 2.03. The van der Waals surface area contributed by atoms with Crippen molar-refractivity contribution in [3.8, 4) is 0 Å². The Kier molecular flexibility index (Phi) is 10.2. The van der Waals surface area contributed by atoms with E-state index >= 15 is 0 Å². The third-order valence-electron chi connectivity index (χ3n) is 2.42. The van der Waals surface area contributed by atoms with Gasteiger partial charge in [-0.3, -0.25) is 4.79 Å². The van der Waals surface area contributed by atoms with Gasteiger partial charge in [-0.1, -0.05) is 16.6 Å². The predicted molar refractivity (Wildman–Crippen MR) is 70.7 cm³/mol. The van der Waals surface area contributed by atoms with Crippen LogP contribution < -0.4 is 5.32 Å². The van der Waals surface area contributed by atoms with E-state index in [4.69, 9.17) is 16.2 Å². The molecule has 0 rings (SSSR count). The smallest absolute Gasteiger partial charge is 0.326 e. The first-order valence-electron chi connectivity index (χ1n) is 6.15.